The number of piperidine rings is 1. The number of carbonyl (C=O) groups is 2. The monoisotopic (exact) mass is 265 g/mol. The summed E-state index contributed by atoms with van der Waals surface area (Å²) in [5.74, 6) is -1.12. The summed E-state index contributed by atoms with van der Waals surface area (Å²) in [6.45, 7) is 0.532. The maximum Gasteiger partial charge on any atom is 0.326 e. The first kappa shape index (κ1) is 12.8. The third kappa shape index (κ3) is 2.98. The van der Waals surface area contributed by atoms with Crippen molar-refractivity contribution in [1.29, 1.82) is 0 Å². The average Bonchev–Trinajstić information content (AvgIpc) is 2.89. The van der Waals surface area contributed by atoms with Crippen molar-refractivity contribution in [2.24, 2.45) is 0 Å². The molecule has 5 heteroatoms. The van der Waals surface area contributed by atoms with Crippen molar-refractivity contribution in [3.05, 3.63) is 28.5 Å². The van der Waals surface area contributed by atoms with Gasteiger partial charge in [0, 0.05) is 17.5 Å². The first-order valence-electron chi connectivity index (χ1n) is 5.93. The van der Waals surface area contributed by atoms with Crippen LogP contribution < -0.4 is 0 Å². The Balaban J connectivity index is 2.04. The summed E-state index contributed by atoms with van der Waals surface area (Å²) in [6.07, 6.45) is 5.50. The lowest BCUT2D eigenvalue weighted by atomic mass is 10.0. The van der Waals surface area contributed by atoms with Crippen LogP contribution in [0.1, 0.15) is 24.1 Å². The SMILES string of the molecule is O=C(O)C1CCCCN1C(=O)/C=C/c1cccs1. The summed E-state index contributed by atoms with van der Waals surface area (Å²) in [7, 11) is 0. The first-order chi connectivity index (χ1) is 8.68. The molecule has 0 aliphatic carbocycles. The van der Waals surface area contributed by atoms with Crippen LogP contribution in [0.3, 0.4) is 0 Å². The Morgan fingerprint density at radius 3 is 2.94 bits per heavy atom. The summed E-state index contributed by atoms with van der Waals surface area (Å²) >= 11 is 1.54. The van der Waals surface area contributed by atoms with E-state index < -0.39 is 12.0 Å². The van der Waals surface area contributed by atoms with Crippen molar-refractivity contribution >= 4 is 29.3 Å². The molecule has 1 saturated heterocycles. The van der Waals surface area contributed by atoms with Crippen molar-refractivity contribution in [3.8, 4) is 0 Å². The van der Waals surface area contributed by atoms with Crippen LogP contribution >= 0.6 is 11.3 Å². The van der Waals surface area contributed by atoms with E-state index in [0.717, 1.165) is 17.7 Å². The van der Waals surface area contributed by atoms with Gasteiger partial charge in [0.1, 0.15) is 6.04 Å². The van der Waals surface area contributed by atoms with E-state index in [1.807, 2.05) is 17.5 Å². The highest BCUT2D eigenvalue weighted by atomic mass is 32.1. The average molecular weight is 265 g/mol. The molecule has 4 nitrogen and oxygen atoms in total. The predicted octanol–water partition coefficient (Wildman–Crippen LogP) is 2.23. The van der Waals surface area contributed by atoms with Crippen molar-refractivity contribution in [3.63, 3.8) is 0 Å². The van der Waals surface area contributed by atoms with E-state index >= 15 is 0 Å². The summed E-state index contributed by atoms with van der Waals surface area (Å²) < 4.78 is 0. The van der Waals surface area contributed by atoms with Gasteiger partial charge in [-0.2, -0.15) is 0 Å². The number of hydrogen-bond acceptors (Lipinski definition) is 3. The van der Waals surface area contributed by atoms with Crippen LogP contribution in [-0.4, -0.2) is 34.5 Å². The number of carboxylic acids is 1. The Hall–Kier alpha value is -1.62. The highest BCUT2D eigenvalue weighted by Gasteiger charge is 2.30. The van der Waals surface area contributed by atoms with Crippen molar-refractivity contribution < 1.29 is 14.7 Å². The molecule has 1 unspecified atom stereocenters. The fourth-order valence-corrected chi connectivity index (χ4v) is 2.71. The largest absolute Gasteiger partial charge is 0.480 e. The van der Waals surface area contributed by atoms with Crippen LogP contribution in [0.2, 0.25) is 0 Å². The topological polar surface area (TPSA) is 57.6 Å². The zero-order valence-corrected chi connectivity index (χ0v) is 10.7. The number of hydrogen-bond donors (Lipinski definition) is 1. The highest BCUT2D eigenvalue weighted by Crippen LogP contribution is 2.18. The normalized spacial score (nSPS) is 20.2. The summed E-state index contributed by atoms with van der Waals surface area (Å²) in [5.41, 5.74) is 0. The van der Waals surface area contributed by atoms with E-state index in [0.29, 0.717) is 13.0 Å². The third-order valence-electron chi connectivity index (χ3n) is 3.00. The van der Waals surface area contributed by atoms with Crippen LogP contribution in [0.4, 0.5) is 0 Å². The first-order valence-corrected chi connectivity index (χ1v) is 6.81. The molecule has 1 aromatic heterocycles. The molecule has 2 heterocycles. The van der Waals surface area contributed by atoms with Crippen LogP contribution in [0.25, 0.3) is 6.08 Å². The Morgan fingerprint density at radius 1 is 1.44 bits per heavy atom. The Labute approximate surface area is 110 Å². The van der Waals surface area contributed by atoms with Gasteiger partial charge in [0.15, 0.2) is 0 Å². The van der Waals surface area contributed by atoms with Crippen LogP contribution in [0, 0.1) is 0 Å². The Kier molecular flexibility index (Phi) is 4.15. The highest BCUT2D eigenvalue weighted by molar-refractivity contribution is 7.10. The second-order valence-corrected chi connectivity index (χ2v) is 5.21. The summed E-state index contributed by atoms with van der Waals surface area (Å²) in [6, 6.07) is 3.16. The standard InChI is InChI=1S/C13H15NO3S/c15-12(7-6-10-4-3-9-18-10)14-8-2-1-5-11(14)13(16)17/h3-4,6-7,9,11H,1-2,5,8H2,(H,16,17)/b7-6+. The fourth-order valence-electron chi connectivity index (χ4n) is 2.09. The van der Waals surface area contributed by atoms with E-state index in [1.165, 1.54) is 11.0 Å². The molecular weight excluding hydrogens is 250 g/mol. The van der Waals surface area contributed by atoms with Gasteiger partial charge in [-0.3, -0.25) is 4.79 Å². The summed E-state index contributed by atoms with van der Waals surface area (Å²) in [5, 5.41) is 11.0. The molecule has 0 radical (unpaired) electrons. The quantitative estimate of drug-likeness (QED) is 0.853. The lowest BCUT2D eigenvalue weighted by molar-refractivity contribution is -0.150. The molecule has 1 amide bonds. The van der Waals surface area contributed by atoms with Gasteiger partial charge >= 0.3 is 5.97 Å². The molecule has 1 atom stereocenters. The molecule has 1 fully saturated rings. The van der Waals surface area contributed by atoms with Crippen molar-refractivity contribution in [2.75, 3.05) is 6.54 Å². The number of nitrogens with zero attached hydrogens (tertiary/aromatic N) is 1. The second-order valence-electron chi connectivity index (χ2n) is 4.23. The lowest BCUT2D eigenvalue weighted by Crippen LogP contribution is -2.47. The molecule has 0 aromatic carbocycles. The molecule has 1 aromatic rings. The third-order valence-corrected chi connectivity index (χ3v) is 3.84. The van der Waals surface area contributed by atoms with Crippen LogP contribution in [0.5, 0.6) is 0 Å². The zero-order valence-electron chi connectivity index (χ0n) is 9.91. The number of aliphatic carboxylic acids is 1. The van der Waals surface area contributed by atoms with Gasteiger partial charge in [0.05, 0.1) is 0 Å². The van der Waals surface area contributed by atoms with Crippen molar-refractivity contribution in [2.45, 2.75) is 25.3 Å². The van der Waals surface area contributed by atoms with Crippen molar-refractivity contribution in [1.82, 2.24) is 4.90 Å². The minimum Gasteiger partial charge on any atom is -0.480 e. The maximum atomic E-state index is 12.0. The van der Waals surface area contributed by atoms with E-state index in [1.54, 1.807) is 17.4 Å². The van der Waals surface area contributed by atoms with Gasteiger partial charge in [0.2, 0.25) is 5.91 Å². The van der Waals surface area contributed by atoms with Gasteiger partial charge in [-0.15, -0.1) is 11.3 Å². The van der Waals surface area contributed by atoms with Crippen LogP contribution in [-0.2, 0) is 9.59 Å². The minimum atomic E-state index is -0.910. The predicted molar refractivity (Wildman–Crippen MR) is 70.3 cm³/mol. The summed E-state index contributed by atoms with van der Waals surface area (Å²) in [4.78, 5) is 25.5. The second kappa shape index (κ2) is 5.82. The zero-order chi connectivity index (χ0) is 13.0. The number of rotatable bonds is 3. The smallest absolute Gasteiger partial charge is 0.326 e. The Bertz CT molecular complexity index is 453. The molecule has 0 saturated carbocycles. The molecule has 0 spiro atoms. The molecule has 18 heavy (non-hydrogen) atoms. The molecule has 1 aliphatic heterocycles. The molecule has 1 N–H and O–H groups in total. The van der Waals surface area contributed by atoms with Gasteiger partial charge in [0.25, 0.3) is 0 Å². The van der Waals surface area contributed by atoms with Crippen LogP contribution in [0.15, 0.2) is 23.6 Å². The number of carbonyl (C=O) groups excluding carboxylic acids is 1. The molecule has 2 rings (SSSR count). The fraction of sp³-hybridized carbons (Fsp3) is 0.385. The number of amides is 1. The number of thiophene rings is 1. The number of carboxylic acid groups (broad SMARTS) is 1. The van der Waals surface area contributed by atoms with E-state index in [4.69, 9.17) is 5.11 Å². The van der Waals surface area contributed by atoms with E-state index in [2.05, 4.69) is 0 Å². The van der Waals surface area contributed by atoms with E-state index in [-0.39, 0.29) is 5.91 Å². The molecular formula is C13H15NO3S. The molecule has 0 bridgehead atoms. The van der Waals surface area contributed by atoms with E-state index in [9.17, 15) is 9.59 Å². The van der Waals surface area contributed by atoms with Gasteiger partial charge < -0.3 is 10.0 Å². The van der Waals surface area contributed by atoms with Gasteiger partial charge in [-0.05, 0) is 36.8 Å². The Morgan fingerprint density at radius 2 is 2.28 bits per heavy atom. The molecule has 1 aliphatic rings. The molecule has 96 valence electrons. The van der Waals surface area contributed by atoms with Gasteiger partial charge in [-0.1, -0.05) is 6.07 Å². The number of likely N-dealkylation sites (tertiary alicyclic amines) is 1. The van der Waals surface area contributed by atoms with Gasteiger partial charge in [-0.25, -0.2) is 4.79 Å². The maximum absolute atomic E-state index is 12.0. The lowest BCUT2D eigenvalue weighted by Gasteiger charge is -2.32. The minimum absolute atomic E-state index is 0.212.